The Hall–Kier alpha value is 0.594. The summed E-state index contributed by atoms with van der Waals surface area (Å²) in [6, 6.07) is 0. The number of hydrogen-bond acceptors (Lipinski definition) is 3. The fourth-order valence-corrected chi connectivity index (χ4v) is 0.658. The molecule has 59 valence electrons. The topological polar surface area (TPSA) is 27.7 Å². The van der Waals surface area contributed by atoms with Crippen LogP contribution in [0.15, 0.2) is 0 Å². The average Bonchev–Trinajstić information content (AvgIpc) is 1.88. The van der Waals surface area contributed by atoms with E-state index in [4.69, 9.17) is 12.8 Å². The van der Waals surface area contributed by atoms with Gasteiger partial charge in [-0.15, -0.1) is 0 Å². The summed E-state index contributed by atoms with van der Waals surface area (Å²) in [5.74, 6) is 0. The second kappa shape index (κ2) is 6.31. The zero-order valence-corrected chi connectivity index (χ0v) is 8.15. The van der Waals surface area contributed by atoms with Crippen LogP contribution in [0.25, 0.3) is 0 Å². The van der Waals surface area contributed by atoms with Gasteiger partial charge in [0.1, 0.15) is 0 Å². The molecule has 0 spiro atoms. The normalized spacial score (nSPS) is 16.6. The van der Waals surface area contributed by atoms with E-state index in [2.05, 4.69) is 0 Å². The Labute approximate surface area is 73.9 Å². The number of rotatable bonds is 5. The summed E-state index contributed by atoms with van der Waals surface area (Å²) in [4.78, 5) is 0. The van der Waals surface area contributed by atoms with Crippen LogP contribution in [0.5, 0.6) is 0 Å². The molecular formula is C6H13O3Ti. The van der Waals surface area contributed by atoms with E-state index in [1.54, 1.807) is 20.8 Å². The Morgan fingerprint density at radius 2 is 1.90 bits per heavy atom. The summed E-state index contributed by atoms with van der Waals surface area (Å²) in [5, 5.41) is 0. The van der Waals surface area contributed by atoms with Crippen LogP contribution in [-0.2, 0) is 33.6 Å². The van der Waals surface area contributed by atoms with Crippen molar-refractivity contribution in [3.05, 3.63) is 0 Å². The summed E-state index contributed by atoms with van der Waals surface area (Å²) >= 11 is 1.60. The summed E-state index contributed by atoms with van der Waals surface area (Å²) in [6.45, 7) is 6.27. The minimum atomic E-state index is -0.193. The second-order valence-electron chi connectivity index (χ2n) is 1.84. The van der Waals surface area contributed by atoms with Crippen molar-refractivity contribution in [2.75, 3.05) is 6.61 Å². The minimum absolute atomic E-state index is 0.181. The number of ether oxygens (including phenoxy) is 2. The third-order valence-corrected chi connectivity index (χ3v) is 1.47. The quantitative estimate of drug-likeness (QED) is 0.471. The van der Waals surface area contributed by atoms with Crippen molar-refractivity contribution < 1.29 is 33.6 Å². The first-order chi connectivity index (χ1) is 4.70. The molecule has 0 aliphatic rings. The predicted octanol–water partition coefficient (Wildman–Crippen LogP) is 1.21. The summed E-state index contributed by atoms with van der Waals surface area (Å²) in [7, 11) is 0. The molecule has 0 fully saturated rings. The van der Waals surface area contributed by atoms with Crippen LogP contribution in [0.3, 0.4) is 0 Å². The third kappa shape index (κ3) is 5.38. The molecule has 0 aliphatic carbocycles. The van der Waals surface area contributed by atoms with Crippen LogP contribution in [-0.4, -0.2) is 19.2 Å². The van der Waals surface area contributed by atoms with Gasteiger partial charge < -0.3 is 0 Å². The van der Waals surface area contributed by atoms with E-state index in [-0.39, 0.29) is 12.6 Å². The second-order valence-corrected chi connectivity index (χ2v) is 2.21. The molecule has 0 heterocycles. The van der Waals surface area contributed by atoms with E-state index < -0.39 is 0 Å². The monoisotopic (exact) mass is 181 g/mol. The summed E-state index contributed by atoms with van der Waals surface area (Å²) in [6.07, 6.45) is -0.374. The van der Waals surface area contributed by atoms with Gasteiger partial charge in [-0.1, -0.05) is 0 Å². The van der Waals surface area contributed by atoms with Gasteiger partial charge in [-0.25, -0.2) is 0 Å². The molecule has 0 aliphatic heterocycles. The first kappa shape index (κ1) is 10.6. The molecular weight excluding hydrogens is 168 g/mol. The molecule has 2 unspecified atom stereocenters. The fourth-order valence-electron chi connectivity index (χ4n) is 0.572. The van der Waals surface area contributed by atoms with Crippen molar-refractivity contribution in [3.8, 4) is 0 Å². The van der Waals surface area contributed by atoms with Crippen LogP contribution < -0.4 is 0 Å². The van der Waals surface area contributed by atoms with Gasteiger partial charge in [-0.3, -0.25) is 0 Å². The zero-order valence-electron chi connectivity index (χ0n) is 6.59. The predicted molar refractivity (Wildman–Crippen MR) is 32.7 cm³/mol. The van der Waals surface area contributed by atoms with Gasteiger partial charge >= 0.3 is 73.6 Å². The molecule has 0 radical (unpaired) electrons. The molecule has 3 nitrogen and oxygen atoms in total. The molecule has 0 saturated carbocycles. The van der Waals surface area contributed by atoms with E-state index in [9.17, 15) is 0 Å². The van der Waals surface area contributed by atoms with Crippen LogP contribution in [0.1, 0.15) is 20.8 Å². The molecule has 0 saturated heterocycles. The molecule has 0 rings (SSSR count). The van der Waals surface area contributed by atoms with Gasteiger partial charge in [0, 0.05) is 0 Å². The van der Waals surface area contributed by atoms with Crippen molar-refractivity contribution >= 4 is 0 Å². The van der Waals surface area contributed by atoms with Gasteiger partial charge in [0.05, 0.1) is 0 Å². The Morgan fingerprint density at radius 1 is 1.30 bits per heavy atom. The van der Waals surface area contributed by atoms with Gasteiger partial charge in [-0.05, 0) is 0 Å². The van der Waals surface area contributed by atoms with Crippen molar-refractivity contribution in [2.45, 2.75) is 33.4 Å². The zero-order chi connectivity index (χ0) is 7.98. The summed E-state index contributed by atoms with van der Waals surface area (Å²) < 4.78 is 15.2. The van der Waals surface area contributed by atoms with E-state index >= 15 is 0 Å². The molecule has 0 aromatic carbocycles. The molecule has 0 aromatic rings. The van der Waals surface area contributed by atoms with Crippen LogP contribution in [0.2, 0.25) is 0 Å². The van der Waals surface area contributed by atoms with Crippen LogP contribution in [0.4, 0.5) is 0 Å². The van der Waals surface area contributed by atoms with Gasteiger partial charge in [0.15, 0.2) is 0 Å². The first-order valence-electron chi connectivity index (χ1n) is 3.30. The Morgan fingerprint density at radius 3 is 2.30 bits per heavy atom. The maximum atomic E-state index is 5.20. The SMILES string of the molecule is CCOC(C)OC(C)[O][Ti]. The molecule has 0 amide bonds. The summed E-state index contributed by atoms with van der Waals surface area (Å²) in [5.41, 5.74) is 0. The van der Waals surface area contributed by atoms with E-state index in [0.717, 1.165) is 0 Å². The molecule has 2 atom stereocenters. The molecule has 10 heavy (non-hydrogen) atoms. The molecule has 4 heteroatoms. The van der Waals surface area contributed by atoms with Crippen molar-refractivity contribution in [3.63, 3.8) is 0 Å². The van der Waals surface area contributed by atoms with Crippen molar-refractivity contribution in [1.82, 2.24) is 0 Å². The molecule has 0 N–H and O–H groups in total. The van der Waals surface area contributed by atoms with Gasteiger partial charge in [-0.2, -0.15) is 0 Å². The Kier molecular flexibility index (Phi) is 6.69. The van der Waals surface area contributed by atoms with E-state index in [1.165, 1.54) is 0 Å². The van der Waals surface area contributed by atoms with E-state index in [1.807, 2.05) is 20.8 Å². The Bertz CT molecular complexity index is 79.4. The first-order valence-corrected chi connectivity index (χ1v) is 3.93. The van der Waals surface area contributed by atoms with E-state index in [0.29, 0.717) is 6.61 Å². The third-order valence-electron chi connectivity index (χ3n) is 0.951. The van der Waals surface area contributed by atoms with Crippen molar-refractivity contribution in [2.24, 2.45) is 0 Å². The van der Waals surface area contributed by atoms with Crippen LogP contribution >= 0.6 is 0 Å². The fraction of sp³-hybridized carbons (Fsp3) is 1.00. The Balaban J connectivity index is 3.27. The molecule has 0 aromatic heterocycles. The van der Waals surface area contributed by atoms with Crippen molar-refractivity contribution in [1.29, 1.82) is 0 Å². The maximum absolute atomic E-state index is 5.20. The van der Waals surface area contributed by atoms with Gasteiger partial charge in [0.2, 0.25) is 0 Å². The standard InChI is InChI=1S/C6H13O3.Ti/c1-4-8-6(3)9-5(2)7;/h5-6H,4H2,1-3H3;/q-1;+1. The van der Waals surface area contributed by atoms with Crippen LogP contribution in [0, 0.1) is 0 Å². The average molecular weight is 181 g/mol. The van der Waals surface area contributed by atoms with Gasteiger partial charge in [0.25, 0.3) is 0 Å². The number of hydrogen-bond donors (Lipinski definition) is 0. The molecule has 0 bridgehead atoms.